The van der Waals surface area contributed by atoms with Crippen molar-refractivity contribution in [2.45, 2.75) is 25.9 Å². The third-order valence-corrected chi connectivity index (χ3v) is 3.80. The smallest absolute Gasteiger partial charge is 0.223 e. The Bertz CT molecular complexity index is 788. The van der Waals surface area contributed by atoms with E-state index in [0.29, 0.717) is 11.7 Å². The fourth-order valence-corrected chi connectivity index (χ4v) is 2.61. The fourth-order valence-electron chi connectivity index (χ4n) is 2.61. The van der Waals surface area contributed by atoms with E-state index in [9.17, 15) is 0 Å². The van der Waals surface area contributed by atoms with Crippen LogP contribution in [0.5, 0.6) is 5.75 Å². The lowest BCUT2D eigenvalue weighted by molar-refractivity contribution is 0.371. The largest absolute Gasteiger partial charge is 0.496 e. The Morgan fingerprint density at radius 2 is 1.92 bits per heavy atom. The Labute approximate surface area is 140 Å². The van der Waals surface area contributed by atoms with Gasteiger partial charge < -0.3 is 9.26 Å². The number of ether oxygens (including phenoxy) is 1. The van der Waals surface area contributed by atoms with Gasteiger partial charge in [-0.1, -0.05) is 29.4 Å². The minimum Gasteiger partial charge on any atom is -0.496 e. The monoisotopic (exact) mass is 324 g/mol. The van der Waals surface area contributed by atoms with Crippen LogP contribution < -0.4 is 10.1 Å². The minimum atomic E-state index is -0.268. The fraction of sp³-hybridized carbons (Fsp3) is 0.278. The van der Waals surface area contributed by atoms with Gasteiger partial charge in [0, 0.05) is 24.7 Å². The summed E-state index contributed by atoms with van der Waals surface area (Å²) in [5.41, 5.74) is 1.89. The third kappa shape index (κ3) is 3.44. The van der Waals surface area contributed by atoms with E-state index in [2.05, 4.69) is 27.4 Å². The minimum absolute atomic E-state index is 0.0000756. The van der Waals surface area contributed by atoms with E-state index in [4.69, 9.17) is 9.26 Å². The maximum absolute atomic E-state index is 5.50. The predicted molar refractivity (Wildman–Crippen MR) is 89.7 cm³/mol. The van der Waals surface area contributed by atoms with Crippen molar-refractivity contribution in [2.24, 2.45) is 0 Å². The van der Waals surface area contributed by atoms with Crippen molar-refractivity contribution in [3.8, 4) is 5.75 Å². The van der Waals surface area contributed by atoms with Crippen molar-refractivity contribution >= 4 is 0 Å². The molecule has 24 heavy (non-hydrogen) atoms. The summed E-state index contributed by atoms with van der Waals surface area (Å²) in [5.74, 6) is 1.86. The SMILES string of the molecule is COc1ccccc1C(NC(C)c1ccccn1)c1noc(C)n1. The highest BCUT2D eigenvalue weighted by Crippen LogP contribution is 2.30. The van der Waals surface area contributed by atoms with Gasteiger partial charge in [0.15, 0.2) is 5.82 Å². The Morgan fingerprint density at radius 1 is 1.12 bits per heavy atom. The summed E-state index contributed by atoms with van der Waals surface area (Å²) in [6.07, 6.45) is 1.78. The lowest BCUT2D eigenvalue weighted by Gasteiger charge is -2.22. The van der Waals surface area contributed by atoms with Crippen molar-refractivity contribution in [3.05, 3.63) is 71.6 Å². The third-order valence-electron chi connectivity index (χ3n) is 3.80. The molecule has 0 bridgehead atoms. The molecule has 2 heterocycles. The lowest BCUT2D eigenvalue weighted by Crippen LogP contribution is -2.27. The van der Waals surface area contributed by atoms with Crippen molar-refractivity contribution < 1.29 is 9.26 Å². The molecule has 0 aliphatic heterocycles. The number of aryl methyl sites for hydroxylation is 1. The number of rotatable bonds is 6. The van der Waals surface area contributed by atoms with Gasteiger partial charge >= 0.3 is 0 Å². The first-order valence-electron chi connectivity index (χ1n) is 7.79. The molecule has 0 aliphatic rings. The van der Waals surface area contributed by atoms with Crippen LogP contribution in [0.2, 0.25) is 0 Å². The van der Waals surface area contributed by atoms with Crippen LogP contribution in [-0.4, -0.2) is 22.2 Å². The van der Waals surface area contributed by atoms with E-state index < -0.39 is 0 Å². The van der Waals surface area contributed by atoms with Gasteiger partial charge in [0.2, 0.25) is 5.89 Å². The van der Waals surface area contributed by atoms with E-state index in [1.54, 1.807) is 20.2 Å². The number of methoxy groups -OCH3 is 1. The summed E-state index contributed by atoms with van der Waals surface area (Å²) in [6, 6.07) is 13.4. The average Bonchev–Trinajstić information content (AvgIpc) is 3.06. The summed E-state index contributed by atoms with van der Waals surface area (Å²) in [5, 5.41) is 7.62. The summed E-state index contributed by atoms with van der Waals surface area (Å²) in [6.45, 7) is 3.83. The summed E-state index contributed by atoms with van der Waals surface area (Å²) < 4.78 is 10.7. The van der Waals surface area contributed by atoms with Gasteiger partial charge in [-0.3, -0.25) is 10.3 Å². The Balaban J connectivity index is 1.96. The molecule has 0 fully saturated rings. The molecule has 0 aliphatic carbocycles. The topological polar surface area (TPSA) is 73.1 Å². The second-order valence-corrected chi connectivity index (χ2v) is 5.49. The normalized spacial score (nSPS) is 13.5. The molecular weight excluding hydrogens is 304 g/mol. The molecule has 124 valence electrons. The zero-order valence-electron chi connectivity index (χ0n) is 13.9. The number of para-hydroxylation sites is 1. The first kappa shape index (κ1) is 16.1. The van der Waals surface area contributed by atoms with Crippen molar-refractivity contribution in [2.75, 3.05) is 7.11 Å². The number of aromatic nitrogens is 3. The molecule has 1 N–H and O–H groups in total. The summed E-state index contributed by atoms with van der Waals surface area (Å²) in [7, 11) is 1.65. The molecule has 0 saturated carbocycles. The second-order valence-electron chi connectivity index (χ2n) is 5.49. The summed E-state index contributed by atoms with van der Waals surface area (Å²) >= 11 is 0. The maximum atomic E-state index is 5.50. The van der Waals surface area contributed by atoms with Crippen LogP contribution >= 0.6 is 0 Å². The number of nitrogens with zero attached hydrogens (tertiary/aromatic N) is 3. The van der Waals surface area contributed by atoms with Crippen LogP contribution in [0.15, 0.2) is 53.2 Å². The van der Waals surface area contributed by atoms with Gasteiger partial charge in [-0.15, -0.1) is 0 Å². The molecule has 3 rings (SSSR count). The average molecular weight is 324 g/mol. The van der Waals surface area contributed by atoms with Crippen molar-refractivity contribution in [3.63, 3.8) is 0 Å². The summed E-state index contributed by atoms with van der Waals surface area (Å²) in [4.78, 5) is 8.80. The van der Waals surface area contributed by atoms with Gasteiger partial charge in [-0.2, -0.15) is 4.98 Å². The van der Waals surface area contributed by atoms with Crippen molar-refractivity contribution in [1.82, 2.24) is 20.4 Å². The van der Waals surface area contributed by atoms with E-state index in [1.807, 2.05) is 42.5 Å². The van der Waals surface area contributed by atoms with Crippen LogP contribution in [0.4, 0.5) is 0 Å². The number of nitrogens with one attached hydrogen (secondary N) is 1. The van der Waals surface area contributed by atoms with Gasteiger partial charge in [-0.25, -0.2) is 0 Å². The molecule has 0 amide bonds. The standard InChI is InChI=1S/C18H20N4O2/c1-12(15-9-6-7-11-19-15)20-17(18-21-13(2)24-22-18)14-8-4-5-10-16(14)23-3/h4-12,17,20H,1-3H3. The lowest BCUT2D eigenvalue weighted by atomic mass is 10.0. The highest BCUT2D eigenvalue weighted by Gasteiger charge is 2.25. The molecule has 2 atom stereocenters. The van der Waals surface area contributed by atoms with Crippen LogP contribution in [0, 0.1) is 6.92 Å². The molecular formula is C18H20N4O2. The molecule has 6 heteroatoms. The van der Waals surface area contributed by atoms with Crippen LogP contribution in [0.1, 0.15) is 42.0 Å². The Morgan fingerprint density at radius 3 is 2.58 bits per heavy atom. The van der Waals surface area contributed by atoms with E-state index >= 15 is 0 Å². The number of hydrogen-bond donors (Lipinski definition) is 1. The molecule has 3 aromatic rings. The van der Waals surface area contributed by atoms with Crippen LogP contribution in [-0.2, 0) is 0 Å². The van der Waals surface area contributed by atoms with E-state index in [0.717, 1.165) is 17.0 Å². The van der Waals surface area contributed by atoms with Gasteiger partial charge in [-0.05, 0) is 25.1 Å². The number of pyridine rings is 1. The Kier molecular flexibility index (Phi) is 4.86. The first-order chi connectivity index (χ1) is 11.7. The molecule has 1 aromatic carbocycles. The highest BCUT2D eigenvalue weighted by atomic mass is 16.5. The zero-order chi connectivity index (χ0) is 16.9. The van der Waals surface area contributed by atoms with Gasteiger partial charge in [0.05, 0.1) is 12.8 Å². The van der Waals surface area contributed by atoms with Gasteiger partial charge in [0.25, 0.3) is 0 Å². The highest BCUT2D eigenvalue weighted by molar-refractivity contribution is 5.39. The molecule has 2 unspecified atom stereocenters. The van der Waals surface area contributed by atoms with E-state index in [-0.39, 0.29) is 12.1 Å². The predicted octanol–water partition coefficient (Wildman–Crippen LogP) is 3.22. The molecule has 0 spiro atoms. The van der Waals surface area contributed by atoms with Gasteiger partial charge in [0.1, 0.15) is 11.8 Å². The second kappa shape index (κ2) is 7.23. The Hall–Kier alpha value is -2.73. The van der Waals surface area contributed by atoms with Crippen molar-refractivity contribution in [1.29, 1.82) is 0 Å². The molecule has 0 radical (unpaired) electrons. The molecule has 2 aromatic heterocycles. The molecule has 0 saturated heterocycles. The number of hydrogen-bond acceptors (Lipinski definition) is 6. The zero-order valence-corrected chi connectivity index (χ0v) is 13.9. The van der Waals surface area contributed by atoms with Crippen LogP contribution in [0.3, 0.4) is 0 Å². The number of benzene rings is 1. The molecule has 6 nitrogen and oxygen atoms in total. The van der Waals surface area contributed by atoms with E-state index in [1.165, 1.54) is 0 Å². The maximum Gasteiger partial charge on any atom is 0.223 e. The van der Waals surface area contributed by atoms with Crippen LogP contribution in [0.25, 0.3) is 0 Å². The first-order valence-corrected chi connectivity index (χ1v) is 7.79. The quantitative estimate of drug-likeness (QED) is 0.750.